The summed E-state index contributed by atoms with van der Waals surface area (Å²) in [5.41, 5.74) is 6.11. The number of carbonyl (C=O) groups excluding carboxylic acids is 2. The van der Waals surface area contributed by atoms with E-state index in [0.717, 1.165) is 35.5 Å². The van der Waals surface area contributed by atoms with E-state index in [1.165, 1.54) is 0 Å². The van der Waals surface area contributed by atoms with Gasteiger partial charge in [-0.05, 0) is 84.3 Å². The lowest BCUT2D eigenvalue weighted by molar-refractivity contribution is 0.101. The van der Waals surface area contributed by atoms with Crippen molar-refractivity contribution >= 4 is 40.5 Å². The molecular weight excluding hydrogens is 572 g/mol. The predicted molar refractivity (Wildman–Crippen MR) is 177 cm³/mol. The van der Waals surface area contributed by atoms with Gasteiger partial charge in [-0.25, -0.2) is 0 Å². The van der Waals surface area contributed by atoms with Crippen molar-refractivity contribution in [2.75, 3.05) is 28.6 Å². The number of benzene rings is 3. The number of aryl methyl sites for hydroxylation is 1. The summed E-state index contributed by atoms with van der Waals surface area (Å²) in [6, 6.07) is 24.0. The molecule has 0 saturated carbocycles. The number of hydrogen-bond acceptors (Lipinski definition) is 4. The van der Waals surface area contributed by atoms with Crippen LogP contribution in [0.4, 0.5) is 17.1 Å². The first-order valence-corrected chi connectivity index (χ1v) is 15.4. The minimum Gasteiger partial charge on any atom is -0.369 e. The molecule has 1 aromatic heterocycles. The summed E-state index contributed by atoms with van der Waals surface area (Å²) in [6.45, 7) is 10.4. The minimum absolute atomic E-state index is 0.0265. The van der Waals surface area contributed by atoms with Crippen LogP contribution in [0.3, 0.4) is 0 Å². The quantitative estimate of drug-likeness (QED) is 0.250. The van der Waals surface area contributed by atoms with Crippen LogP contribution in [-0.2, 0) is 12.0 Å². The van der Waals surface area contributed by atoms with Gasteiger partial charge in [0, 0.05) is 59.1 Å². The second kappa shape index (κ2) is 11.6. The van der Waals surface area contributed by atoms with Gasteiger partial charge in [0.15, 0.2) is 0 Å². The van der Waals surface area contributed by atoms with Crippen LogP contribution in [0.15, 0.2) is 83.7 Å². The number of piperidine rings is 1. The topological polar surface area (TPSA) is 83.4 Å². The number of halogens is 1. The lowest BCUT2D eigenvalue weighted by atomic mass is 9.83. The fourth-order valence-corrected chi connectivity index (χ4v) is 6.56. The fraction of sp³-hybridized carbons (Fsp3) is 0.306. The molecule has 2 N–H and O–H groups in total. The Kier molecular flexibility index (Phi) is 7.84. The molecule has 4 aromatic rings. The Bertz CT molecular complexity index is 1810. The molecule has 0 spiro atoms. The number of nitrogens with zero attached hydrogens (tertiary/aromatic N) is 2. The van der Waals surface area contributed by atoms with Crippen LogP contribution in [0.5, 0.6) is 0 Å². The Morgan fingerprint density at radius 3 is 2.27 bits per heavy atom. The third-order valence-corrected chi connectivity index (χ3v) is 9.02. The number of rotatable bonds is 5. The van der Waals surface area contributed by atoms with Gasteiger partial charge in [0.05, 0.1) is 11.4 Å². The fourth-order valence-electron chi connectivity index (χ4n) is 6.39. The Hall–Kier alpha value is -4.36. The SMILES string of the molecule is Cc1ccc(Cl)cc1NC(=O)c1ccc(N2CC3CC(C2)c2cccc(=O)n2C3)c(NC(=O)c2ccc(C(C)(C)C)cc2)c1. The average Bonchev–Trinajstić information content (AvgIpc) is 2.99. The van der Waals surface area contributed by atoms with Crippen molar-refractivity contribution < 1.29 is 9.59 Å². The summed E-state index contributed by atoms with van der Waals surface area (Å²) in [7, 11) is 0. The maximum atomic E-state index is 13.6. The molecule has 0 radical (unpaired) electrons. The van der Waals surface area contributed by atoms with E-state index in [1.54, 1.807) is 30.3 Å². The van der Waals surface area contributed by atoms with Crippen molar-refractivity contribution in [1.29, 1.82) is 0 Å². The molecule has 1 saturated heterocycles. The summed E-state index contributed by atoms with van der Waals surface area (Å²) < 4.78 is 1.91. The standard InChI is InChI=1S/C36H37ClN4O3/c1-22-8-14-28(37)18-29(22)38-35(44)25-11-15-32(30(17-25)39-34(43)24-9-12-27(13-10-24)36(2,3)4)40-19-23-16-26(21-40)31-6-5-7-33(42)41(31)20-23/h5-15,17-18,23,26H,16,19-21H2,1-4H3,(H,38,44)(H,39,43). The molecule has 6 rings (SSSR count). The Balaban J connectivity index is 1.33. The highest BCUT2D eigenvalue weighted by Gasteiger charge is 2.35. The van der Waals surface area contributed by atoms with E-state index in [4.69, 9.17) is 11.6 Å². The molecule has 44 heavy (non-hydrogen) atoms. The summed E-state index contributed by atoms with van der Waals surface area (Å²) in [6.07, 6.45) is 1.02. The maximum Gasteiger partial charge on any atom is 0.255 e. The molecule has 2 atom stereocenters. The normalized spacial score (nSPS) is 17.5. The van der Waals surface area contributed by atoms with Gasteiger partial charge in [-0.2, -0.15) is 0 Å². The van der Waals surface area contributed by atoms with Crippen LogP contribution in [0, 0.1) is 12.8 Å². The van der Waals surface area contributed by atoms with Crippen LogP contribution >= 0.6 is 11.6 Å². The number of aromatic nitrogens is 1. The van der Waals surface area contributed by atoms with Crippen molar-refractivity contribution in [1.82, 2.24) is 4.57 Å². The first-order valence-electron chi connectivity index (χ1n) is 15.0. The zero-order valence-corrected chi connectivity index (χ0v) is 26.2. The number of carbonyl (C=O) groups is 2. The number of pyridine rings is 1. The molecule has 8 heteroatoms. The molecule has 3 aromatic carbocycles. The van der Waals surface area contributed by atoms with Gasteiger partial charge in [-0.1, -0.05) is 56.6 Å². The summed E-state index contributed by atoms with van der Waals surface area (Å²) in [5, 5.41) is 6.62. The van der Waals surface area contributed by atoms with Crippen LogP contribution in [-0.4, -0.2) is 29.5 Å². The van der Waals surface area contributed by atoms with Crippen LogP contribution in [0.25, 0.3) is 0 Å². The van der Waals surface area contributed by atoms with Crippen LogP contribution in [0.2, 0.25) is 5.02 Å². The second-order valence-electron chi connectivity index (χ2n) is 13.0. The van der Waals surface area contributed by atoms with Gasteiger partial charge in [0.1, 0.15) is 0 Å². The molecule has 226 valence electrons. The molecule has 1 fully saturated rings. The predicted octanol–water partition coefficient (Wildman–Crippen LogP) is 7.24. The maximum absolute atomic E-state index is 13.6. The minimum atomic E-state index is -0.296. The Labute approximate surface area is 262 Å². The third kappa shape index (κ3) is 6.02. The molecule has 2 aliphatic rings. The summed E-state index contributed by atoms with van der Waals surface area (Å²) >= 11 is 6.19. The lowest BCUT2D eigenvalue weighted by Gasteiger charge is -2.44. The van der Waals surface area contributed by atoms with E-state index in [-0.39, 0.29) is 28.7 Å². The highest BCUT2D eigenvalue weighted by atomic mass is 35.5. The lowest BCUT2D eigenvalue weighted by Crippen LogP contribution is -2.47. The Morgan fingerprint density at radius 2 is 1.52 bits per heavy atom. The molecule has 3 heterocycles. The highest BCUT2D eigenvalue weighted by molar-refractivity contribution is 6.31. The van der Waals surface area contributed by atoms with Gasteiger partial charge in [0.2, 0.25) is 0 Å². The van der Waals surface area contributed by atoms with Crippen molar-refractivity contribution in [3.05, 3.63) is 122 Å². The molecule has 7 nitrogen and oxygen atoms in total. The third-order valence-electron chi connectivity index (χ3n) is 8.79. The first kappa shape index (κ1) is 29.7. The monoisotopic (exact) mass is 608 g/mol. The largest absolute Gasteiger partial charge is 0.369 e. The van der Waals surface area contributed by atoms with Gasteiger partial charge in [-0.3, -0.25) is 14.4 Å². The molecule has 2 amide bonds. The molecule has 2 bridgehead atoms. The number of fused-ring (bicyclic) bond motifs is 4. The van der Waals surface area contributed by atoms with E-state index in [1.807, 2.05) is 60.0 Å². The highest BCUT2D eigenvalue weighted by Crippen LogP contribution is 2.39. The van der Waals surface area contributed by atoms with Gasteiger partial charge >= 0.3 is 0 Å². The Morgan fingerprint density at radius 1 is 0.818 bits per heavy atom. The summed E-state index contributed by atoms with van der Waals surface area (Å²) in [5.74, 6) is -0.0536. The van der Waals surface area contributed by atoms with Crippen molar-refractivity contribution in [3.8, 4) is 0 Å². The number of hydrogen-bond donors (Lipinski definition) is 2. The number of nitrogens with one attached hydrogen (secondary N) is 2. The molecular formula is C36H37ClN4O3. The molecule has 2 unspecified atom stereocenters. The average molecular weight is 609 g/mol. The number of amides is 2. The van der Waals surface area contributed by atoms with E-state index >= 15 is 0 Å². The first-order chi connectivity index (χ1) is 21.0. The van der Waals surface area contributed by atoms with Crippen LogP contribution < -0.4 is 21.1 Å². The van der Waals surface area contributed by atoms with Crippen molar-refractivity contribution in [2.45, 2.75) is 52.0 Å². The van der Waals surface area contributed by atoms with Crippen LogP contribution in [0.1, 0.15) is 70.6 Å². The van der Waals surface area contributed by atoms with E-state index < -0.39 is 0 Å². The van der Waals surface area contributed by atoms with Gasteiger partial charge in [0.25, 0.3) is 17.4 Å². The van der Waals surface area contributed by atoms with E-state index in [2.05, 4.69) is 36.3 Å². The molecule has 0 aliphatic carbocycles. The second-order valence-corrected chi connectivity index (χ2v) is 13.5. The molecule has 2 aliphatic heterocycles. The number of anilines is 3. The zero-order chi connectivity index (χ0) is 31.2. The zero-order valence-electron chi connectivity index (χ0n) is 25.5. The van der Waals surface area contributed by atoms with Gasteiger partial charge in [-0.15, -0.1) is 0 Å². The summed E-state index contributed by atoms with van der Waals surface area (Å²) in [4.78, 5) is 41.8. The smallest absolute Gasteiger partial charge is 0.255 e. The van der Waals surface area contributed by atoms with Crippen molar-refractivity contribution in [2.24, 2.45) is 5.92 Å². The van der Waals surface area contributed by atoms with Crippen molar-refractivity contribution in [3.63, 3.8) is 0 Å². The van der Waals surface area contributed by atoms with E-state index in [0.29, 0.717) is 46.5 Å². The van der Waals surface area contributed by atoms with E-state index in [9.17, 15) is 14.4 Å². The van der Waals surface area contributed by atoms with Gasteiger partial charge < -0.3 is 20.1 Å².